The second-order valence-electron chi connectivity index (χ2n) is 5.42. The zero-order chi connectivity index (χ0) is 15.4. The van der Waals surface area contributed by atoms with E-state index in [-0.39, 0.29) is 6.10 Å². The van der Waals surface area contributed by atoms with Crippen molar-refractivity contribution in [3.8, 4) is 0 Å². The molecular weight excluding hydrogens is 287 g/mol. The first-order valence-electron chi connectivity index (χ1n) is 7.61. The van der Waals surface area contributed by atoms with Gasteiger partial charge in [0.15, 0.2) is 0 Å². The van der Waals surface area contributed by atoms with Crippen LogP contribution < -0.4 is 10.6 Å². The van der Waals surface area contributed by atoms with Crippen molar-refractivity contribution >= 4 is 18.5 Å². The molecule has 0 N–H and O–H groups in total. The molecule has 0 saturated carbocycles. The van der Waals surface area contributed by atoms with Gasteiger partial charge in [0.05, 0.1) is 6.10 Å². The average Bonchev–Trinajstić information content (AvgIpc) is 3.06. The van der Waals surface area contributed by atoms with E-state index in [9.17, 15) is 0 Å². The third-order valence-electron chi connectivity index (χ3n) is 4.09. The molecule has 0 radical (unpaired) electrons. The van der Waals surface area contributed by atoms with Gasteiger partial charge < -0.3 is 4.74 Å². The summed E-state index contributed by atoms with van der Waals surface area (Å²) in [7, 11) is 1.32. The fraction of sp³-hybridized carbons (Fsp3) is 0.200. The molecule has 2 aromatic carbocycles. The Balaban J connectivity index is 2.03. The van der Waals surface area contributed by atoms with Crippen LogP contribution in [0.1, 0.15) is 6.92 Å². The summed E-state index contributed by atoms with van der Waals surface area (Å²) in [4.78, 5) is 0. The standard InChI is InChI=1S/C20H21OP/c1-16(21-2)19-14-9-15-20(19)22(17-10-5-3-6-11-17)18-12-7-4-8-13-18/h3-16,20H,1-2H3/t16-,20?/m0/s1. The van der Waals surface area contributed by atoms with E-state index < -0.39 is 7.92 Å². The molecule has 1 aliphatic rings. The van der Waals surface area contributed by atoms with Crippen molar-refractivity contribution < 1.29 is 4.74 Å². The predicted octanol–water partition coefficient (Wildman–Crippen LogP) is 4.02. The van der Waals surface area contributed by atoms with Crippen molar-refractivity contribution in [2.75, 3.05) is 7.11 Å². The first-order chi connectivity index (χ1) is 10.8. The fourth-order valence-corrected chi connectivity index (χ4v) is 5.67. The Hall–Kier alpha value is -1.69. The summed E-state index contributed by atoms with van der Waals surface area (Å²) >= 11 is 0. The topological polar surface area (TPSA) is 9.23 Å². The van der Waals surface area contributed by atoms with Crippen LogP contribution in [0.2, 0.25) is 0 Å². The molecule has 0 fully saturated rings. The maximum atomic E-state index is 5.59. The quantitative estimate of drug-likeness (QED) is 0.758. The third-order valence-corrected chi connectivity index (χ3v) is 6.83. The lowest BCUT2D eigenvalue weighted by molar-refractivity contribution is 0.146. The highest BCUT2D eigenvalue weighted by molar-refractivity contribution is 7.74. The molecule has 1 unspecified atom stereocenters. The van der Waals surface area contributed by atoms with E-state index in [1.807, 2.05) is 0 Å². The minimum Gasteiger partial charge on any atom is -0.377 e. The summed E-state index contributed by atoms with van der Waals surface area (Å²) in [6.45, 7) is 2.13. The number of methoxy groups -OCH3 is 1. The van der Waals surface area contributed by atoms with E-state index in [1.165, 1.54) is 16.2 Å². The molecule has 1 aliphatic carbocycles. The maximum Gasteiger partial charge on any atom is 0.0765 e. The molecule has 2 heteroatoms. The predicted molar refractivity (Wildman–Crippen MR) is 96.6 cm³/mol. The Morgan fingerprint density at radius 3 is 1.95 bits per heavy atom. The zero-order valence-corrected chi connectivity index (χ0v) is 13.9. The van der Waals surface area contributed by atoms with Gasteiger partial charge in [0.2, 0.25) is 0 Å². The number of allylic oxidation sites excluding steroid dienone is 3. The molecule has 0 spiro atoms. The number of hydrogen-bond acceptors (Lipinski definition) is 1. The van der Waals surface area contributed by atoms with Crippen LogP contribution in [0.5, 0.6) is 0 Å². The van der Waals surface area contributed by atoms with E-state index in [2.05, 4.69) is 85.8 Å². The molecule has 22 heavy (non-hydrogen) atoms. The van der Waals surface area contributed by atoms with E-state index in [4.69, 9.17) is 4.74 Å². The van der Waals surface area contributed by atoms with Crippen LogP contribution in [-0.4, -0.2) is 18.9 Å². The summed E-state index contributed by atoms with van der Waals surface area (Å²) in [6, 6.07) is 21.7. The monoisotopic (exact) mass is 308 g/mol. The normalized spacial score (nSPS) is 18.5. The number of rotatable bonds is 5. The van der Waals surface area contributed by atoms with Crippen LogP contribution in [0.25, 0.3) is 0 Å². The lowest BCUT2D eigenvalue weighted by Crippen LogP contribution is -2.25. The molecule has 112 valence electrons. The van der Waals surface area contributed by atoms with Crippen molar-refractivity contribution in [3.63, 3.8) is 0 Å². The van der Waals surface area contributed by atoms with Crippen molar-refractivity contribution in [2.24, 2.45) is 0 Å². The van der Waals surface area contributed by atoms with E-state index in [0.29, 0.717) is 5.66 Å². The number of benzene rings is 2. The molecule has 0 amide bonds. The van der Waals surface area contributed by atoms with Crippen molar-refractivity contribution in [3.05, 3.63) is 84.5 Å². The summed E-state index contributed by atoms with van der Waals surface area (Å²) in [6.07, 6.45) is 6.88. The highest BCUT2D eigenvalue weighted by Gasteiger charge is 2.29. The first-order valence-corrected chi connectivity index (χ1v) is 9.02. The Labute approximate surface area is 134 Å². The van der Waals surface area contributed by atoms with Crippen molar-refractivity contribution in [2.45, 2.75) is 18.7 Å². The van der Waals surface area contributed by atoms with Gasteiger partial charge in [0, 0.05) is 12.8 Å². The molecule has 0 heterocycles. The summed E-state index contributed by atoms with van der Waals surface area (Å²) in [5.74, 6) is 0. The van der Waals surface area contributed by atoms with E-state index in [0.717, 1.165) is 0 Å². The van der Waals surface area contributed by atoms with Gasteiger partial charge in [-0.15, -0.1) is 0 Å². The second-order valence-corrected chi connectivity index (χ2v) is 7.74. The largest absolute Gasteiger partial charge is 0.377 e. The van der Waals surface area contributed by atoms with Crippen LogP contribution in [0.3, 0.4) is 0 Å². The molecule has 0 bridgehead atoms. The smallest absolute Gasteiger partial charge is 0.0765 e. The Kier molecular flexibility index (Phi) is 4.87. The number of hydrogen-bond donors (Lipinski definition) is 0. The van der Waals surface area contributed by atoms with Gasteiger partial charge in [0.25, 0.3) is 0 Å². The SMILES string of the molecule is CO[C@@H](C)C1=CC=CC1P(c1ccccc1)c1ccccc1. The fourth-order valence-electron chi connectivity index (χ4n) is 2.88. The lowest BCUT2D eigenvalue weighted by atomic mass is 10.1. The molecule has 3 rings (SSSR count). The average molecular weight is 308 g/mol. The van der Waals surface area contributed by atoms with E-state index in [1.54, 1.807) is 7.11 Å². The first kappa shape index (κ1) is 15.2. The van der Waals surface area contributed by atoms with Gasteiger partial charge in [-0.2, -0.15) is 0 Å². The summed E-state index contributed by atoms with van der Waals surface area (Å²) in [5, 5.41) is 2.82. The number of ether oxygens (including phenoxy) is 1. The second kappa shape index (κ2) is 7.05. The van der Waals surface area contributed by atoms with Gasteiger partial charge in [-0.1, -0.05) is 78.9 Å². The summed E-state index contributed by atoms with van der Waals surface area (Å²) < 4.78 is 5.59. The van der Waals surface area contributed by atoms with Crippen LogP contribution in [-0.2, 0) is 4.74 Å². The van der Waals surface area contributed by atoms with Gasteiger partial charge >= 0.3 is 0 Å². The Morgan fingerprint density at radius 2 is 1.45 bits per heavy atom. The van der Waals surface area contributed by atoms with Crippen LogP contribution in [0.4, 0.5) is 0 Å². The van der Waals surface area contributed by atoms with Crippen molar-refractivity contribution in [1.29, 1.82) is 0 Å². The van der Waals surface area contributed by atoms with Gasteiger partial charge in [-0.05, 0) is 31.0 Å². The van der Waals surface area contributed by atoms with Gasteiger partial charge in [-0.3, -0.25) is 0 Å². The summed E-state index contributed by atoms with van der Waals surface area (Å²) in [5.41, 5.74) is 1.79. The van der Waals surface area contributed by atoms with Gasteiger partial charge in [-0.25, -0.2) is 0 Å². The van der Waals surface area contributed by atoms with Crippen LogP contribution in [0.15, 0.2) is 84.5 Å². The molecule has 1 nitrogen and oxygen atoms in total. The minimum atomic E-state index is -0.465. The molecule has 2 aromatic rings. The zero-order valence-electron chi connectivity index (χ0n) is 13.0. The molecule has 0 saturated heterocycles. The Morgan fingerprint density at radius 1 is 0.909 bits per heavy atom. The van der Waals surface area contributed by atoms with E-state index >= 15 is 0 Å². The van der Waals surface area contributed by atoms with Crippen molar-refractivity contribution in [1.82, 2.24) is 0 Å². The maximum absolute atomic E-state index is 5.59. The molecule has 2 atom stereocenters. The Bertz CT molecular complexity index is 621. The van der Waals surface area contributed by atoms with Crippen LogP contribution >= 0.6 is 7.92 Å². The minimum absolute atomic E-state index is 0.150. The molecule has 0 aliphatic heterocycles. The highest BCUT2D eigenvalue weighted by Crippen LogP contribution is 2.46. The highest BCUT2D eigenvalue weighted by atomic mass is 31.1. The molecule has 0 aromatic heterocycles. The van der Waals surface area contributed by atoms with Gasteiger partial charge in [0.1, 0.15) is 0 Å². The van der Waals surface area contributed by atoms with Crippen LogP contribution in [0, 0.1) is 0 Å². The lowest BCUT2D eigenvalue weighted by Gasteiger charge is -2.29. The molecular formula is C20H21OP. The third kappa shape index (κ3) is 3.06.